The summed E-state index contributed by atoms with van der Waals surface area (Å²) in [6, 6.07) is 17.2. The van der Waals surface area contributed by atoms with Gasteiger partial charge in [-0.15, -0.1) is 11.8 Å². The number of benzene rings is 2. The highest BCUT2D eigenvalue weighted by Crippen LogP contribution is 2.61. The Hall–Kier alpha value is -2.28. The van der Waals surface area contributed by atoms with Crippen molar-refractivity contribution >= 4 is 35.3 Å². The number of fused-ring (bicyclic) bond motifs is 2. The van der Waals surface area contributed by atoms with Crippen LogP contribution >= 0.6 is 23.4 Å². The van der Waals surface area contributed by atoms with Crippen LogP contribution in [0.5, 0.6) is 0 Å². The molecule has 1 unspecified atom stereocenters. The number of halogens is 1. The van der Waals surface area contributed by atoms with Crippen LogP contribution in [0, 0.1) is 0 Å². The molecule has 1 saturated heterocycles. The van der Waals surface area contributed by atoms with E-state index in [1.54, 1.807) is 0 Å². The van der Waals surface area contributed by atoms with Crippen molar-refractivity contribution in [3.05, 3.63) is 82.4 Å². The van der Waals surface area contributed by atoms with Gasteiger partial charge in [0.15, 0.2) is 0 Å². The van der Waals surface area contributed by atoms with Gasteiger partial charge in [0.1, 0.15) is 0 Å². The monoisotopic (exact) mass is 431 g/mol. The molecule has 0 amide bonds. The maximum atomic E-state index is 9.55. The smallest absolute Gasteiger partial charge is 0.328 e. The number of carbonyl (C=O) groups is 2. The molecule has 0 aliphatic carbocycles. The third-order valence-electron chi connectivity index (χ3n) is 5.04. The molecule has 29 heavy (non-hydrogen) atoms. The summed E-state index contributed by atoms with van der Waals surface area (Å²) in [6.07, 6.45) is 3.52. The Bertz CT molecular complexity index is 909. The Balaban J connectivity index is 0.000000258. The molecule has 3 N–H and O–H groups in total. The normalized spacial score (nSPS) is 19.4. The molecule has 4 rings (SSSR count). The fourth-order valence-electron chi connectivity index (χ4n) is 3.77. The molecule has 0 aromatic heterocycles. The molecule has 2 aromatic rings. The molecule has 2 aliphatic rings. The van der Waals surface area contributed by atoms with Gasteiger partial charge in [0.2, 0.25) is 0 Å². The van der Waals surface area contributed by atoms with Crippen LogP contribution < -0.4 is 5.32 Å². The second-order valence-electron chi connectivity index (χ2n) is 6.86. The summed E-state index contributed by atoms with van der Waals surface area (Å²) >= 11 is 8.58. The number of nitrogens with one attached hydrogen (secondary N) is 1. The lowest BCUT2D eigenvalue weighted by Crippen LogP contribution is -2.36. The molecular weight excluding hydrogens is 410 g/mol. The largest absolute Gasteiger partial charge is 0.478 e. The second-order valence-corrected chi connectivity index (χ2v) is 8.76. The van der Waals surface area contributed by atoms with Crippen LogP contribution in [0.25, 0.3) is 0 Å². The van der Waals surface area contributed by atoms with Gasteiger partial charge in [0, 0.05) is 21.9 Å². The Morgan fingerprint density at radius 1 is 0.966 bits per heavy atom. The van der Waals surface area contributed by atoms with E-state index in [1.165, 1.54) is 29.5 Å². The summed E-state index contributed by atoms with van der Waals surface area (Å²) < 4.78 is 0.270. The summed E-state index contributed by atoms with van der Waals surface area (Å²) in [4.78, 5) is 19.1. The SMILES string of the molecule is Clc1ccccc1C1SC2(CCNCC2)c2ccccc21.O=C(O)C=CC(=O)O. The van der Waals surface area contributed by atoms with Crippen molar-refractivity contribution in [2.45, 2.75) is 22.8 Å². The minimum absolute atomic E-state index is 0.270. The molecule has 1 atom stereocenters. The highest BCUT2D eigenvalue weighted by Gasteiger charge is 2.45. The summed E-state index contributed by atoms with van der Waals surface area (Å²) in [6.45, 7) is 2.22. The van der Waals surface area contributed by atoms with Crippen LogP contribution in [-0.4, -0.2) is 35.2 Å². The summed E-state index contributed by atoms with van der Waals surface area (Å²) in [5, 5.41) is 20.4. The van der Waals surface area contributed by atoms with Crippen LogP contribution in [0.4, 0.5) is 0 Å². The molecule has 0 bridgehead atoms. The second kappa shape index (κ2) is 9.48. The predicted octanol–water partition coefficient (Wildman–Crippen LogP) is 4.47. The Kier molecular flexibility index (Phi) is 7.00. The van der Waals surface area contributed by atoms with Crippen molar-refractivity contribution in [2.75, 3.05) is 13.1 Å². The third kappa shape index (κ3) is 5.01. The topological polar surface area (TPSA) is 86.6 Å². The Morgan fingerprint density at radius 3 is 2.10 bits per heavy atom. The van der Waals surface area contributed by atoms with Crippen molar-refractivity contribution in [3.63, 3.8) is 0 Å². The van der Waals surface area contributed by atoms with E-state index >= 15 is 0 Å². The van der Waals surface area contributed by atoms with Crippen LogP contribution in [0.1, 0.15) is 34.8 Å². The van der Waals surface area contributed by atoms with Gasteiger partial charge in [-0.2, -0.15) is 0 Å². The molecule has 2 aliphatic heterocycles. The van der Waals surface area contributed by atoms with Crippen molar-refractivity contribution in [3.8, 4) is 0 Å². The number of carboxylic acids is 2. The predicted molar refractivity (Wildman–Crippen MR) is 116 cm³/mol. The summed E-state index contributed by atoms with van der Waals surface area (Å²) in [5.74, 6) is -2.51. The van der Waals surface area contributed by atoms with E-state index in [0.717, 1.165) is 18.1 Å². The minimum atomic E-state index is -1.26. The molecule has 1 fully saturated rings. The standard InChI is InChI=1S/C18H18ClNS.C4H4O4/c19-16-8-4-2-6-14(16)17-13-5-1-3-7-15(13)18(21-17)9-11-20-12-10-18;5-3(6)1-2-4(7)8/h1-8,17,20H,9-12H2;1-2H,(H,5,6)(H,7,8). The van der Waals surface area contributed by atoms with E-state index in [4.69, 9.17) is 21.8 Å². The number of hydrogen-bond donors (Lipinski definition) is 3. The molecule has 152 valence electrons. The molecule has 2 aromatic carbocycles. The first-order chi connectivity index (χ1) is 13.9. The maximum absolute atomic E-state index is 9.55. The number of aliphatic carboxylic acids is 2. The Labute approximate surface area is 178 Å². The first-order valence-corrected chi connectivity index (χ1v) is 10.5. The summed E-state index contributed by atoms with van der Waals surface area (Å²) in [7, 11) is 0. The van der Waals surface area contributed by atoms with Crippen molar-refractivity contribution in [2.24, 2.45) is 0 Å². The highest BCUT2D eigenvalue weighted by atomic mass is 35.5. The zero-order valence-corrected chi connectivity index (χ0v) is 17.2. The van der Waals surface area contributed by atoms with Gasteiger partial charge in [0.25, 0.3) is 0 Å². The average molecular weight is 432 g/mol. The van der Waals surface area contributed by atoms with Gasteiger partial charge in [-0.3, -0.25) is 0 Å². The zero-order chi connectivity index (χ0) is 20.9. The van der Waals surface area contributed by atoms with Crippen LogP contribution in [0.2, 0.25) is 5.02 Å². The number of rotatable bonds is 3. The van der Waals surface area contributed by atoms with Crippen molar-refractivity contribution in [1.29, 1.82) is 0 Å². The van der Waals surface area contributed by atoms with Gasteiger partial charge < -0.3 is 15.5 Å². The fraction of sp³-hybridized carbons (Fsp3) is 0.273. The lowest BCUT2D eigenvalue weighted by molar-refractivity contribution is -0.134. The zero-order valence-electron chi connectivity index (χ0n) is 15.7. The molecule has 5 nitrogen and oxygen atoms in total. The lowest BCUT2D eigenvalue weighted by atomic mass is 9.85. The van der Waals surface area contributed by atoms with E-state index in [9.17, 15) is 9.59 Å². The highest BCUT2D eigenvalue weighted by molar-refractivity contribution is 8.01. The van der Waals surface area contributed by atoms with Crippen LogP contribution in [0.3, 0.4) is 0 Å². The van der Waals surface area contributed by atoms with Crippen LogP contribution in [-0.2, 0) is 14.3 Å². The quantitative estimate of drug-likeness (QED) is 0.622. The number of hydrogen-bond acceptors (Lipinski definition) is 4. The first-order valence-electron chi connectivity index (χ1n) is 9.29. The van der Waals surface area contributed by atoms with Crippen molar-refractivity contribution < 1.29 is 19.8 Å². The average Bonchev–Trinajstić information content (AvgIpc) is 3.02. The number of piperidine rings is 1. The number of thioether (sulfide) groups is 1. The van der Waals surface area contributed by atoms with Gasteiger partial charge in [-0.05, 0) is 48.7 Å². The molecule has 7 heteroatoms. The van der Waals surface area contributed by atoms with E-state index in [0.29, 0.717) is 17.4 Å². The first kappa shape index (κ1) is 21.4. The molecule has 2 heterocycles. The molecule has 0 saturated carbocycles. The van der Waals surface area contributed by atoms with E-state index in [1.807, 2.05) is 12.1 Å². The minimum Gasteiger partial charge on any atom is -0.478 e. The van der Waals surface area contributed by atoms with Gasteiger partial charge in [-0.25, -0.2) is 9.59 Å². The fourth-order valence-corrected chi connectivity index (χ4v) is 5.95. The van der Waals surface area contributed by atoms with E-state index < -0.39 is 11.9 Å². The van der Waals surface area contributed by atoms with E-state index in [2.05, 4.69) is 53.5 Å². The summed E-state index contributed by atoms with van der Waals surface area (Å²) in [5.41, 5.74) is 4.24. The van der Waals surface area contributed by atoms with Crippen LogP contribution in [0.15, 0.2) is 60.7 Å². The van der Waals surface area contributed by atoms with E-state index in [-0.39, 0.29) is 4.75 Å². The Morgan fingerprint density at radius 2 is 1.52 bits per heavy atom. The third-order valence-corrected chi connectivity index (χ3v) is 7.21. The molecule has 0 radical (unpaired) electrons. The van der Waals surface area contributed by atoms with Gasteiger partial charge in [-0.1, -0.05) is 54.1 Å². The van der Waals surface area contributed by atoms with Gasteiger partial charge in [0.05, 0.1) is 5.25 Å². The lowest BCUT2D eigenvalue weighted by Gasteiger charge is -2.34. The maximum Gasteiger partial charge on any atom is 0.328 e. The molecular formula is C22H22ClNO4S. The van der Waals surface area contributed by atoms with Gasteiger partial charge >= 0.3 is 11.9 Å². The van der Waals surface area contributed by atoms with Crippen molar-refractivity contribution in [1.82, 2.24) is 5.32 Å². The number of carboxylic acid groups (broad SMARTS) is 2. The molecule has 1 spiro atoms.